The Morgan fingerprint density at radius 2 is 1.83 bits per heavy atom. The molecule has 2 aromatic carbocycles. The molecule has 0 unspecified atom stereocenters. The third-order valence-electron chi connectivity index (χ3n) is 3.76. The van der Waals surface area contributed by atoms with Crippen LogP contribution in [0.1, 0.15) is 25.3 Å². The number of nitrogens with one attached hydrogen (secondary N) is 2. The number of aliphatic hydroxyl groups is 1. The van der Waals surface area contributed by atoms with Gasteiger partial charge in [0, 0.05) is 18.7 Å². The van der Waals surface area contributed by atoms with Crippen molar-refractivity contribution in [2.24, 2.45) is 0 Å². The minimum Gasteiger partial charge on any atom is -0.493 e. The predicted octanol–water partition coefficient (Wildman–Crippen LogP) is 2.69. The Hall–Kier alpha value is -1.62. The van der Waals surface area contributed by atoms with Crippen LogP contribution < -0.4 is 15.4 Å². The summed E-state index contributed by atoms with van der Waals surface area (Å²) in [6.45, 7) is 6.40. The summed E-state index contributed by atoms with van der Waals surface area (Å²) in [5.41, 5.74) is 1.24. The summed E-state index contributed by atoms with van der Waals surface area (Å²) < 4.78 is 5.92. The lowest BCUT2D eigenvalue weighted by Crippen LogP contribution is -2.24. The van der Waals surface area contributed by atoms with E-state index in [-0.39, 0.29) is 6.61 Å². The molecule has 4 nitrogen and oxygen atoms in total. The van der Waals surface area contributed by atoms with Crippen molar-refractivity contribution in [1.82, 2.24) is 10.6 Å². The molecule has 0 radical (unpaired) electrons. The molecule has 0 bridgehead atoms. The predicted molar refractivity (Wildman–Crippen MR) is 96.0 cm³/mol. The molecule has 2 rings (SSSR count). The highest BCUT2D eigenvalue weighted by molar-refractivity contribution is 5.87. The molecule has 0 fully saturated rings. The summed E-state index contributed by atoms with van der Waals surface area (Å²) in [5.74, 6) is 0.983. The highest BCUT2D eigenvalue weighted by atomic mass is 16.5. The van der Waals surface area contributed by atoms with E-state index < -0.39 is 0 Å². The fraction of sp³-hybridized carbons (Fsp3) is 0.474. The number of hydrogen-bond acceptors (Lipinski definition) is 4. The first kappa shape index (κ1) is 17.7. The first-order chi connectivity index (χ1) is 11.4. The molecule has 0 aliphatic rings. The Labute approximate surface area is 138 Å². The quantitative estimate of drug-likeness (QED) is 0.558. The van der Waals surface area contributed by atoms with Gasteiger partial charge >= 0.3 is 0 Å². The van der Waals surface area contributed by atoms with Crippen LogP contribution in [0.4, 0.5) is 0 Å². The third kappa shape index (κ3) is 5.50. The first-order valence-corrected chi connectivity index (χ1v) is 8.52. The molecule has 0 spiro atoms. The maximum Gasteiger partial charge on any atom is 0.124 e. The van der Waals surface area contributed by atoms with E-state index in [1.54, 1.807) is 0 Å². The van der Waals surface area contributed by atoms with E-state index in [0.29, 0.717) is 6.54 Å². The number of rotatable bonds is 11. The first-order valence-electron chi connectivity index (χ1n) is 8.52. The van der Waals surface area contributed by atoms with Crippen molar-refractivity contribution in [2.45, 2.75) is 26.3 Å². The summed E-state index contributed by atoms with van der Waals surface area (Å²) in [4.78, 5) is 0. The zero-order chi connectivity index (χ0) is 16.3. The summed E-state index contributed by atoms with van der Waals surface area (Å²) in [6.07, 6.45) is 2.05. The van der Waals surface area contributed by atoms with Crippen molar-refractivity contribution in [3.63, 3.8) is 0 Å². The lowest BCUT2D eigenvalue weighted by Gasteiger charge is -2.15. The molecule has 0 heterocycles. The Morgan fingerprint density at radius 3 is 2.65 bits per heavy atom. The van der Waals surface area contributed by atoms with E-state index in [1.165, 1.54) is 16.3 Å². The van der Waals surface area contributed by atoms with Gasteiger partial charge in [-0.2, -0.15) is 0 Å². The summed E-state index contributed by atoms with van der Waals surface area (Å²) in [7, 11) is 0. The number of hydrogen-bond donors (Lipinski definition) is 3. The molecule has 0 saturated heterocycles. The topological polar surface area (TPSA) is 53.5 Å². The summed E-state index contributed by atoms with van der Waals surface area (Å²) in [5, 5.41) is 17.9. The van der Waals surface area contributed by atoms with Crippen LogP contribution in [0.5, 0.6) is 5.75 Å². The fourth-order valence-electron chi connectivity index (χ4n) is 2.60. The average Bonchev–Trinajstić information content (AvgIpc) is 2.59. The van der Waals surface area contributed by atoms with Gasteiger partial charge in [0.15, 0.2) is 0 Å². The number of ether oxygens (including phenoxy) is 1. The van der Waals surface area contributed by atoms with Gasteiger partial charge in [-0.1, -0.05) is 37.3 Å². The van der Waals surface area contributed by atoms with Gasteiger partial charge in [0.1, 0.15) is 5.75 Å². The van der Waals surface area contributed by atoms with Gasteiger partial charge in [-0.25, -0.2) is 0 Å². The van der Waals surface area contributed by atoms with Crippen molar-refractivity contribution < 1.29 is 9.84 Å². The van der Waals surface area contributed by atoms with E-state index in [0.717, 1.165) is 44.8 Å². The Balaban J connectivity index is 1.98. The molecule has 0 aliphatic carbocycles. The number of benzene rings is 2. The van der Waals surface area contributed by atoms with Gasteiger partial charge < -0.3 is 20.5 Å². The minimum absolute atomic E-state index is 0.196. The van der Waals surface area contributed by atoms with E-state index in [4.69, 9.17) is 9.84 Å². The molecule has 2 aromatic rings. The van der Waals surface area contributed by atoms with Crippen LogP contribution in [-0.2, 0) is 6.54 Å². The second kappa shape index (κ2) is 10.2. The molecule has 4 heteroatoms. The van der Waals surface area contributed by atoms with Crippen LogP contribution in [0.25, 0.3) is 10.8 Å². The number of fused-ring (bicyclic) bond motifs is 1. The number of aliphatic hydroxyl groups excluding tert-OH is 1. The summed E-state index contributed by atoms with van der Waals surface area (Å²) >= 11 is 0. The smallest absolute Gasteiger partial charge is 0.124 e. The summed E-state index contributed by atoms with van der Waals surface area (Å²) in [6, 6.07) is 12.7. The van der Waals surface area contributed by atoms with Crippen LogP contribution in [0.2, 0.25) is 0 Å². The van der Waals surface area contributed by atoms with Crippen LogP contribution in [0, 0.1) is 0 Å². The van der Waals surface area contributed by atoms with Crippen molar-refractivity contribution in [2.75, 3.05) is 32.8 Å². The Bertz CT molecular complexity index is 587. The zero-order valence-electron chi connectivity index (χ0n) is 14.0. The minimum atomic E-state index is 0.196. The molecular weight excluding hydrogens is 288 g/mol. The molecule has 0 aromatic heterocycles. The second-order valence-electron chi connectivity index (χ2n) is 5.62. The van der Waals surface area contributed by atoms with Gasteiger partial charge in [-0.05, 0) is 42.8 Å². The largest absolute Gasteiger partial charge is 0.493 e. The van der Waals surface area contributed by atoms with Crippen molar-refractivity contribution >= 4 is 10.8 Å². The second-order valence-corrected chi connectivity index (χ2v) is 5.62. The van der Waals surface area contributed by atoms with Crippen LogP contribution >= 0.6 is 0 Å². The van der Waals surface area contributed by atoms with E-state index in [9.17, 15) is 0 Å². The van der Waals surface area contributed by atoms with E-state index >= 15 is 0 Å². The lowest BCUT2D eigenvalue weighted by atomic mass is 10.0. The average molecular weight is 316 g/mol. The maximum absolute atomic E-state index is 8.73. The molecule has 0 aliphatic heterocycles. The van der Waals surface area contributed by atoms with E-state index in [2.05, 4.69) is 54.0 Å². The van der Waals surface area contributed by atoms with Crippen LogP contribution in [-0.4, -0.2) is 38.0 Å². The molecule has 0 amide bonds. The lowest BCUT2D eigenvalue weighted by molar-refractivity contribution is 0.292. The van der Waals surface area contributed by atoms with Crippen LogP contribution in [0.15, 0.2) is 36.4 Å². The van der Waals surface area contributed by atoms with Gasteiger partial charge in [0.2, 0.25) is 0 Å². The van der Waals surface area contributed by atoms with Crippen molar-refractivity contribution in [3.8, 4) is 5.75 Å². The van der Waals surface area contributed by atoms with E-state index in [1.807, 2.05) is 0 Å². The van der Waals surface area contributed by atoms with Gasteiger partial charge in [-0.3, -0.25) is 0 Å². The van der Waals surface area contributed by atoms with Crippen molar-refractivity contribution in [3.05, 3.63) is 42.0 Å². The normalized spacial score (nSPS) is 11.0. The van der Waals surface area contributed by atoms with Gasteiger partial charge in [0.25, 0.3) is 0 Å². The monoisotopic (exact) mass is 316 g/mol. The molecular formula is C19H28N2O2. The molecule has 0 saturated carbocycles. The SMILES string of the molecule is CCCOc1ccc2ccccc2c1CNCCCNCCO. The highest BCUT2D eigenvalue weighted by Gasteiger charge is 2.08. The third-order valence-corrected chi connectivity index (χ3v) is 3.76. The zero-order valence-corrected chi connectivity index (χ0v) is 14.0. The molecule has 0 atom stereocenters. The molecule has 126 valence electrons. The Morgan fingerprint density at radius 1 is 1.00 bits per heavy atom. The maximum atomic E-state index is 8.73. The Kier molecular flexibility index (Phi) is 7.87. The molecule has 23 heavy (non-hydrogen) atoms. The van der Waals surface area contributed by atoms with Crippen LogP contribution in [0.3, 0.4) is 0 Å². The standard InChI is InChI=1S/C19H28N2O2/c1-2-14-23-19-9-8-16-6-3-4-7-17(16)18(19)15-21-11-5-10-20-12-13-22/h3-4,6-9,20-22H,2,5,10-15H2,1H3. The van der Waals surface area contributed by atoms with Gasteiger partial charge in [0.05, 0.1) is 13.2 Å². The van der Waals surface area contributed by atoms with Gasteiger partial charge in [-0.15, -0.1) is 0 Å². The van der Waals surface area contributed by atoms with Crippen molar-refractivity contribution in [1.29, 1.82) is 0 Å². The fourth-order valence-corrected chi connectivity index (χ4v) is 2.60. The molecule has 3 N–H and O–H groups in total. The highest BCUT2D eigenvalue weighted by Crippen LogP contribution is 2.28.